The van der Waals surface area contributed by atoms with Crippen LogP contribution in [0.1, 0.15) is 18.4 Å². The molecule has 1 aromatic rings. The molecule has 0 atom stereocenters. The SMILES string of the molecule is O=C(O)CCN(CCCO)C(=O)OCc1ccccc1. The van der Waals surface area contributed by atoms with E-state index in [1.807, 2.05) is 30.3 Å². The Morgan fingerprint density at radius 3 is 2.45 bits per heavy atom. The van der Waals surface area contributed by atoms with Crippen molar-refractivity contribution in [3.8, 4) is 0 Å². The second kappa shape index (κ2) is 8.92. The largest absolute Gasteiger partial charge is 0.481 e. The Hall–Kier alpha value is -2.08. The lowest BCUT2D eigenvalue weighted by molar-refractivity contribution is -0.137. The molecule has 1 aromatic carbocycles. The third kappa shape index (κ3) is 6.19. The number of carboxylic acids is 1. The van der Waals surface area contributed by atoms with E-state index >= 15 is 0 Å². The van der Waals surface area contributed by atoms with Gasteiger partial charge in [0.15, 0.2) is 0 Å². The number of hydrogen-bond acceptors (Lipinski definition) is 4. The van der Waals surface area contributed by atoms with Gasteiger partial charge in [0, 0.05) is 19.7 Å². The highest BCUT2D eigenvalue weighted by Gasteiger charge is 2.15. The molecule has 1 amide bonds. The van der Waals surface area contributed by atoms with Gasteiger partial charge in [-0.1, -0.05) is 30.3 Å². The number of carboxylic acid groups (broad SMARTS) is 1. The third-order valence-electron chi connectivity index (χ3n) is 2.65. The number of nitrogens with zero attached hydrogens (tertiary/aromatic N) is 1. The molecular weight excluding hydrogens is 262 g/mol. The third-order valence-corrected chi connectivity index (χ3v) is 2.65. The van der Waals surface area contributed by atoms with E-state index in [-0.39, 0.29) is 32.7 Å². The van der Waals surface area contributed by atoms with Crippen LogP contribution in [0.15, 0.2) is 30.3 Å². The Labute approximate surface area is 117 Å². The van der Waals surface area contributed by atoms with Crippen molar-refractivity contribution < 1.29 is 24.5 Å². The average Bonchev–Trinajstić information content (AvgIpc) is 2.45. The van der Waals surface area contributed by atoms with Crippen molar-refractivity contribution in [2.75, 3.05) is 19.7 Å². The Morgan fingerprint density at radius 1 is 1.15 bits per heavy atom. The average molecular weight is 281 g/mol. The van der Waals surface area contributed by atoms with Crippen LogP contribution in [0.2, 0.25) is 0 Å². The quantitative estimate of drug-likeness (QED) is 0.753. The highest BCUT2D eigenvalue weighted by Crippen LogP contribution is 2.04. The zero-order valence-corrected chi connectivity index (χ0v) is 11.2. The number of aliphatic hydroxyl groups is 1. The van der Waals surface area contributed by atoms with Gasteiger partial charge in [0.2, 0.25) is 0 Å². The van der Waals surface area contributed by atoms with E-state index in [4.69, 9.17) is 14.9 Å². The van der Waals surface area contributed by atoms with Gasteiger partial charge in [-0.2, -0.15) is 0 Å². The molecule has 0 saturated heterocycles. The summed E-state index contributed by atoms with van der Waals surface area (Å²) >= 11 is 0. The van der Waals surface area contributed by atoms with Crippen molar-refractivity contribution in [3.05, 3.63) is 35.9 Å². The van der Waals surface area contributed by atoms with Crippen LogP contribution in [0.3, 0.4) is 0 Å². The van der Waals surface area contributed by atoms with E-state index in [2.05, 4.69) is 0 Å². The van der Waals surface area contributed by atoms with Gasteiger partial charge in [0.05, 0.1) is 6.42 Å². The molecule has 20 heavy (non-hydrogen) atoms. The fraction of sp³-hybridized carbons (Fsp3) is 0.429. The molecule has 0 fully saturated rings. The lowest BCUT2D eigenvalue weighted by Crippen LogP contribution is -2.34. The Bertz CT molecular complexity index is 421. The molecule has 0 aliphatic carbocycles. The summed E-state index contributed by atoms with van der Waals surface area (Å²) in [7, 11) is 0. The van der Waals surface area contributed by atoms with Crippen LogP contribution in [0.5, 0.6) is 0 Å². The van der Waals surface area contributed by atoms with Gasteiger partial charge in [-0.15, -0.1) is 0 Å². The maximum atomic E-state index is 11.9. The summed E-state index contributed by atoms with van der Waals surface area (Å²) in [5.41, 5.74) is 0.862. The van der Waals surface area contributed by atoms with Crippen LogP contribution in [0, 0.1) is 0 Å². The molecule has 2 N–H and O–H groups in total. The zero-order valence-electron chi connectivity index (χ0n) is 11.2. The Balaban J connectivity index is 2.46. The summed E-state index contributed by atoms with van der Waals surface area (Å²) in [6.45, 7) is 0.429. The molecule has 0 bridgehead atoms. The molecule has 0 spiro atoms. The van der Waals surface area contributed by atoms with Gasteiger partial charge in [0.1, 0.15) is 6.61 Å². The summed E-state index contributed by atoms with van der Waals surface area (Å²) in [6.07, 6.45) is -0.324. The minimum absolute atomic E-state index is 0.0600. The monoisotopic (exact) mass is 281 g/mol. The first-order chi connectivity index (χ1) is 9.63. The van der Waals surface area contributed by atoms with Gasteiger partial charge in [-0.25, -0.2) is 4.79 Å². The minimum Gasteiger partial charge on any atom is -0.481 e. The standard InChI is InChI=1S/C14H19NO5/c16-10-4-8-15(9-7-13(17)18)14(19)20-11-12-5-2-1-3-6-12/h1-3,5-6,16H,4,7-11H2,(H,17,18). The molecule has 0 radical (unpaired) electrons. The number of hydrogen-bond donors (Lipinski definition) is 2. The summed E-state index contributed by atoms with van der Waals surface area (Å²) in [6, 6.07) is 9.23. The number of carbonyl (C=O) groups is 2. The van der Waals surface area contributed by atoms with E-state index in [1.54, 1.807) is 0 Å². The van der Waals surface area contributed by atoms with E-state index < -0.39 is 12.1 Å². The molecule has 0 aliphatic heterocycles. The van der Waals surface area contributed by atoms with E-state index in [1.165, 1.54) is 4.90 Å². The Morgan fingerprint density at radius 2 is 1.85 bits per heavy atom. The summed E-state index contributed by atoms with van der Waals surface area (Å²) in [5.74, 6) is -0.977. The first-order valence-electron chi connectivity index (χ1n) is 6.41. The Kier molecular flexibility index (Phi) is 7.13. The van der Waals surface area contributed by atoms with Crippen molar-refractivity contribution in [1.29, 1.82) is 0 Å². The fourth-order valence-corrected chi connectivity index (χ4v) is 1.60. The smallest absolute Gasteiger partial charge is 0.410 e. The van der Waals surface area contributed by atoms with Crippen molar-refractivity contribution in [2.45, 2.75) is 19.4 Å². The number of benzene rings is 1. The molecule has 1 rings (SSSR count). The van der Waals surface area contributed by atoms with Crippen molar-refractivity contribution in [3.63, 3.8) is 0 Å². The highest BCUT2D eigenvalue weighted by atomic mass is 16.6. The minimum atomic E-state index is -0.977. The van der Waals surface area contributed by atoms with E-state index in [0.29, 0.717) is 6.42 Å². The van der Waals surface area contributed by atoms with Crippen LogP contribution in [0.4, 0.5) is 4.79 Å². The molecule has 6 heteroatoms. The summed E-state index contributed by atoms with van der Waals surface area (Å²) < 4.78 is 5.13. The lowest BCUT2D eigenvalue weighted by atomic mass is 10.2. The highest BCUT2D eigenvalue weighted by molar-refractivity contribution is 5.70. The van der Waals surface area contributed by atoms with Gasteiger partial charge in [-0.05, 0) is 12.0 Å². The van der Waals surface area contributed by atoms with Gasteiger partial charge in [0.25, 0.3) is 0 Å². The molecule has 0 saturated carbocycles. The predicted octanol–water partition coefficient (Wildman–Crippen LogP) is 1.48. The number of rotatable bonds is 8. The van der Waals surface area contributed by atoms with Crippen molar-refractivity contribution in [1.82, 2.24) is 4.90 Å². The van der Waals surface area contributed by atoms with Crippen LogP contribution < -0.4 is 0 Å². The topological polar surface area (TPSA) is 87.1 Å². The second-order valence-electron chi connectivity index (χ2n) is 4.25. The van der Waals surface area contributed by atoms with Crippen molar-refractivity contribution >= 4 is 12.1 Å². The molecule has 0 heterocycles. The molecular formula is C14H19NO5. The van der Waals surface area contributed by atoms with Crippen LogP contribution in [-0.4, -0.2) is 46.9 Å². The van der Waals surface area contributed by atoms with Crippen LogP contribution in [0.25, 0.3) is 0 Å². The number of aliphatic carboxylic acids is 1. The van der Waals surface area contributed by atoms with Crippen molar-refractivity contribution in [2.24, 2.45) is 0 Å². The first kappa shape index (κ1) is 16.0. The fourth-order valence-electron chi connectivity index (χ4n) is 1.60. The number of aliphatic hydroxyl groups excluding tert-OH is 1. The van der Waals surface area contributed by atoms with Gasteiger partial charge >= 0.3 is 12.1 Å². The van der Waals surface area contributed by atoms with Gasteiger partial charge < -0.3 is 19.8 Å². The molecule has 6 nitrogen and oxygen atoms in total. The van der Waals surface area contributed by atoms with E-state index in [0.717, 1.165) is 5.56 Å². The zero-order chi connectivity index (χ0) is 14.8. The predicted molar refractivity (Wildman–Crippen MR) is 72.2 cm³/mol. The second-order valence-corrected chi connectivity index (χ2v) is 4.25. The number of ether oxygens (including phenoxy) is 1. The summed E-state index contributed by atoms with van der Waals surface area (Å²) in [5, 5.41) is 17.4. The summed E-state index contributed by atoms with van der Waals surface area (Å²) in [4.78, 5) is 23.7. The number of carbonyl (C=O) groups excluding carboxylic acids is 1. The van der Waals surface area contributed by atoms with Crippen LogP contribution in [-0.2, 0) is 16.1 Å². The first-order valence-corrected chi connectivity index (χ1v) is 6.41. The molecule has 0 unspecified atom stereocenters. The number of amides is 1. The molecule has 110 valence electrons. The lowest BCUT2D eigenvalue weighted by Gasteiger charge is -2.21. The maximum absolute atomic E-state index is 11.9. The molecule has 0 aliphatic rings. The van der Waals surface area contributed by atoms with Gasteiger partial charge in [-0.3, -0.25) is 4.79 Å². The van der Waals surface area contributed by atoms with Crippen LogP contribution >= 0.6 is 0 Å². The molecule has 0 aromatic heterocycles. The maximum Gasteiger partial charge on any atom is 0.410 e. The normalized spacial score (nSPS) is 10.1. The van der Waals surface area contributed by atoms with E-state index in [9.17, 15) is 9.59 Å².